The molecular formula is C25H27FN4O2S. The third-order valence-electron chi connectivity index (χ3n) is 6.31. The van der Waals surface area contributed by atoms with Crippen molar-refractivity contribution in [3.63, 3.8) is 0 Å². The van der Waals surface area contributed by atoms with Crippen molar-refractivity contribution in [3.8, 4) is 0 Å². The predicted molar refractivity (Wildman–Crippen MR) is 133 cm³/mol. The highest BCUT2D eigenvalue weighted by Crippen LogP contribution is 2.37. The Hall–Kier alpha value is -3.10. The van der Waals surface area contributed by atoms with E-state index in [1.54, 1.807) is 12.1 Å². The van der Waals surface area contributed by atoms with Crippen molar-refractivity contribution in [3.05, 3.63) is 82.3 Å². The molecule has 172 valence electrons. The fourth-order valence-electron chi connectivity index (χ4n) is 4.31. The van der Waals surface area contributed by atoms with Crippen LogP contribution in [-0.2, 0) is 22.7 Å². The molecule has 1 unspecified atom stereocenters. The Bertz CT molecular complexity index is 1200. The molecule has 0 aliphatic carbocycles. The van der Waals surface area contributed by atoms with Crippen molar-refractivity contribution in [2.45, 2.75) is 39.1 Å². The number of pyridine rings is 1. The lowest BCUT2D eigenvalue weighted by atomic mass is 9.97. The quantitative estimate of drug-likeness (QED) is 0.586. The highest BCUT2D eigenvalue weighted by molar-refractivity contribution is 7.59. The third-order valence-corrected chi connectivity index (χ3v) is 6.31. The number of rotatable bonds is 4. The van der Waals surface area contributed by atoms with Crippen molar-refractivity contribution in [1.82, 2.24) is 4.98 Å². The minimum atomic E-state index is -0.248. The number of carbonyl (C=O) groups is 1. The van der Waals surface area contributed by atoms with Crippen LogP contribution in [0.2, 0.25) is 0 Å². The van der Waals surface area contributed by atoms with Gasteiger partial charge in [-0.2, -0.15) is 13.5 Å². The number of amides is 1. The molecule has 2 aliphatic heterocycles. The molecule has 3 heterocycles. The zero-order chi connectivity index (χ0) is 22.4. The van der Waals surface area contributed by atoms with E-state index in [1.807, 2.05) is 31.9 Å². The molecule has 3 aromatic rings. The summed E-state index contributed by atoms with van der Waals surface area (Å²) in [5.74, 6) is 0.491. The van der Waals surface area contributed by atoms with Crippen molar-refractivity contribution in [2.24, 2.45) is 0 Å². The van der Waals surface area contributed by atoms with Gasteiger partial charge in [0, 0.05) is 19.7 Å². The molecule has 2 atom stereocenters. The number of hydrogen-bond acceptors (Lipinski definition) is 5. The first kappa shape index (κ1) is 23.1. The number of ether oxygens (including phenoxy) is 1. The van der Waals surface area contributed by atoms with E-state index in [2.05, 4.69) is 33.8 Å². The number of fused-ring (bicyclic) bond motifs is 2. The molecule has 2 aromatic carbocycles. The minimum Gasteiger partial charge on any atom is -0.366 e. The SMILES string of the molecule is Cc1nc(NCc2ccc3c(c2)COC3c2ccc(F)cc2)cc2c1NC(=O)[C@H](C)N2C.S. The Morgan fingerprint density at radius 3 is 2.73 bits per heavy atom. The van der Waals surface area contributed by atoms with Gasteiger partial charge in [-0.05, 0) is 48.2 Å². The van der Waals surface area contributed by atoms with Crippen LogP contribution in [0.3, 0.4) is 0 Å². The molecule has 0 fully saturated rings. The van der Waals surface area contributed by atoms with Gasteiger partial charge in [-0.3, -0.25) is 4.79 Å². The molecule has 1 aromatic heterocycles. The number of nitrogens with zero attached hydrogens (tertiary/aromatic N) is 2. The summed E-state index contributed by atoms with van der Waals surface area (Å²) in [6.45, 7) is 4.93. The Labute approximate surface area is 199 Å². The van der Waals surface area contributed by atoms with Crippen molar-refractivity contribution in [2.75, 3.05) is 22.6 Å². The predicted octanol–water partition coefficient (Wildman–Crippen LogP) is 4.65. The highest BCUT2D eigenvalue weighted by Gasteiger charge is 2.29. The summed E-state index contributed by atoms with van der Waals surface area (Å²) in [6.07, 6.45) is -0.162. The number of carbonyl (C=O) groups excluding carboxylic acids is 1. The Kier molecular flexibility index (Phi) is 6.32. The molecule has 2 aliphatic rings. The van der Waals surface area contributed by atoms with Gasteiger partial charge in [-0.25, -0.2) is 9.37 Å². The first-order valence-corrected chi connectivity index (χ1v) is 10.7. The number of aromatic nitrogens is 1. The number of likely N-dealkylation sites (N-methyl/N-ethyl adjacent to an activating group) is 1. The van der Waals surface area contributed by atoms with Crippen molar-refractivity contribution < 1.29 is 13.9 Å². The summed E-state index contributed by atoms with van der Waals surface area (Å²) < 4.78 is 19.2. The molecule has 5 rings (SSSR count). The van der Waals surface area contributed by atoms with E-state index in [-0.39, 0.29) is 37.4 Å². The maximum atomic E-state index is 13.2. The molecule has 8 heteroatoms. The van der Waals surface area contributed by atoms with E-state index >= 15 is 0 Å². The zero-order valence-electron chi connectivity index (χ0n) is 18.8. The summed E-state index contributed by atoms with van der Waals surface area (Å²) in [7, 11) is 1.92. The van der Waals surface area contributed by atoms with Gasteiger partial charge < -0.3 is 20.3 Å². The monoisotopic (exact) mass is 466 g/mol. The fraction of sp³-hybridized carbons (Fsp3) is 0.280. The van der Waals surface area contributed by atoms with Crippen LogP contribution >= 0.6 is 13.5 Å². The van der Waals surface area contributed by atoms with Gasteiger partial charge in [0.2, 0.25) is 5.91 Å². The topological polar surface area (TPSA) is 66.5 Å². The van der Waals surface area contributed by atoms with E-state index < -0.39 is 0 Å². The van der Waals surface area contributed by atoms with Crippen LogP contribution in [0.4, 0.5) is 21.6 Å². The second kappa shape index (κ2) is 9.03. The third kappa shape index (κ3) is 4.28. The summed E-state index contributed by atoms with van der Waals surface area (Å²) in [6, 6.07) is 14.5. The van der Waals surface area contributed by atoms with Crippen LogP contribution in [0.15, 0.2) is 48.5 Å². The number of anilines is 3. The van der Waals surface area contributed by atoms with Crippen molar-refractivity contribution in [1.29, 1.82) is 0 Å². The van der Waals surface area contributed by atoms with E-state index in [1.165, 1.54) is 12.1 Å². The molecule has 0 saturated carbocycles. The summed E-state index contributed by atoms with van der Waals surface area (Å²) >= 11 is 0. The number of halogens is 1. The molecular weight excluding hydrogens is 439 g/mol. The maximum Gasteiger partial charge on any atom is 0.246 e. The summed E-state index contributed by atoms with van der Waals surface area (Å²) in [5, 5.41) is 6.36. The summed E-state index contributed by atoms with van der Waals surface area (Å²) in [5.41, 5.74) is 6.84. The lowest BCUT2D eigenvalue weighted by Crippen LogP contribution is -2.44. The van der Waals surface area contributed by atoms with Crippen LogP contribution in [0.1, 0.15) is 41.0 Å². The average molecular weight is 467 g/mol. The lowest BCUT2D eigenvalue weighted by Gasteiger charge is -2.34. The van der Waals surface area contributed by atoms with Crippen LogP contribution < -0.4 is 15.5 Å². The van der Waals surface area contributed by atoms with Gasteiger partial charge in [0.1, 0.15) is 23.8 Å². The van der Waals surface area contributed by atoms with Crippen LogP contribution in [0.5, 0.6) is 0 Å². The largest absolute Gasteiger partial charge is 0.366 e. The van der Waals surface area contributed by atoms with Gasteiger partial charge in [-0.15, -0.1) is 0 Å². The van der Waals surface area contributed by atoms with Gasteiger partial charge in [0.25, 0.3) is 0 Å². The molecule has 0 radical (unpaired) electrons. The summed E-state index contributed by atoms with van der Waals surface area (Å²) in [4.78, 5) is 18.7. The van der Waals surface area contributed by atoms with Gasteiger partial charge >= 0.3 is 0 Å². The molecule has 0 saturated heterocycles. The fourth-order valence-corrected chi connectivity index (χ4v) is 4.31. The first-order chi connectivity index (χ1) is 15.4. The zero-order valence-corrected chi connectivity index (χ0v) is 19.8. The Morgan fingerprint density at radius 2 is 1.97 bits per heavy atom. The van der Waals surface area contributed by atoms with Gasteiger partial charge in [-0.1, -0.05) is 30.3 Å². The van der Waals surface area contributed by atoms with Crippen LogP contribution in [-0.4, -0.2) is 24.0 Å². The van der Waals surface area contributed by atoms with Crippen molar-refractivity contribution >= 4 is 36.6 Å². The normalized spacial score (nSPS) is 18.8. The lowest BCUT2D eigenvalue weighted by molar-refractivity contribution is -0.117. The second-order valence-electron chi connectivity index (χ2n) is 8.39. The second-order valence-corrected chi connectivity index (χ2v) is 8.39. The smallest absolute Gasteiger partial charge is 0.246 e. The number of hydrogen-bond donors (Lipinski definition) is 2. The van der Waals surface area contributed by atoms with Crippen LogP contribution in [0.25, 0.3) is 0 Å². The Morgan fingerprint density at radius 1 is 1.21 bits per heavy atom. The van der Waals surface area contributed by atoms with Crippen LogP contribution in [0, 0.1) is 12.7 Å². The standard InChI is InChI=1S/C25H25FN4O2.H2S/c1-14-23-21(30(3)15(2)25(31)29-23)11-22(28-14)27-12-16-4-9-20-18(10-16)13-32-24(20)17-5-7-19(26)8-6-17;/h4-11,15,24H,12-13H2,1-3H3,(H,27,28)(H,29,31);1H2/t15-,24?;/m0./s1. The molecule has 1 amide bonds. The number of benzene rings is 2. The highest BCUT2D eigenvalue weighted by atomic mass is 32.1. The minimum absolute atomic E-state index is 0. The molecule has 6 nitrogen and oxygen atoms in total. The number of nitrogens with one attached hydrogen (secondary N) is 2. The molecule has 2 N–H and O–H groups in total. The molecule has 0 bridgehead atoms. The van der Waals surface area contributed by atoms with E-state index in [9.17, 15) is 9.18 Å². The molecule has 0 spiro atoms. The van der Waals surface area contributed by atoms with Gasteiger partial charge in [0.05, 0.1) is 23.7 Å². The van der Waals surface area contributed by atoms with E-state index in [4.69, 9.17) is 4.74 Å². The average Bonchev–Trinajstić information content (AvgIpc) is 3.21. The van der Waals surface area contributed by atoms with E-state index in [0.29, 0.717) is 13.2 Å². The molecule has 33 heavy (non-hydrogen) atoms. The Balaban J connectivity index is 0.00000259. The number of aryl methyl sites for hydroxylation is 1. The van der Waals surface area contributed by atoms with Gasteiger partial charge in [0.15, 0.2) is 0 Å². The first-order valence-electron chi connectivity index (χ1n) is 10.7. The van der Waals surface area contributed by atoms with E-state index in [0.717, 1.165) is 45.1 Å². The maximum absolute atomic E-state index is 13.2.